The summed E-state index contributed by atoms with van der Waals surface area (Å²) in [6.07, 6.45) is 1.81. The highest BCUT2D eigenvalue weighted by Crippen LogP contribution is 2.33. The molecular weight excluding hydrogens is 313 g/mol. The number of aromatic nitrogens is 2. The quantitative estimate of drug-likeness (QED) is 0.738. The van der Waals surface area contributed by atoms with Gasteiger partial charge in [-0.2, -0.15) is 4.98 Å². The topological polar surface area (TPSA) is 72.4 Å². The summed E-state index contributed by atoms with van der Waals surface area (Å²) in [4.78, 5) is 18.3. The van der Waals surface area contributed by atoms with Crippen LogP contribution in [0.15, 0.2) is 45.5 Å². The summed E-state index contributed by atoms with van der Waals surface area (Å²) in [6, 6.07) is 7.85. The molecule has 0 saturated carbocycles. The van der Waals surface area contributed by atoms with E-state index >= 15 is 0 Å². The molecule has 0 bridgehead atoms. The van der Waals surface area contributed by atoms with Crippen LogP contribution in [0.1, 0.15) is 23.7 Å². The van der Waals surface area contributed by atoms with E-state index in [1.165, 1.54) is 18.4 Å². The average molecular weight is 327 g/mol. The van der Waals surface area contributed by atoms with Gasteiger partial charge in [0.2, 0.25) is 5.91 Å². The summed E-state index contributed by atoms with van der Waals surface area (Å²) in [5.41, 5.74) is 1.42. The Bertz CT molecular complexity index is 888. The van der Waals surface area contributed by atoms with Gasteiger partial charge in [-0.1, -0.05) is 5.16 Å². The first kappa shape index (κ1) is 14.6. The van der Waals surface area contributed by atoms with Gasteiger partial charge >= 0.3 is 0 Å². The van der Waals surface area contributed by atoms with Crippen LogP contribution < -0.4 is 4.90 Å². The summed E-state index contributed by atoms with van der Waals surface area (Å²) in [5, 5.41) is 3.97. The van der Waals surface area contributed by atoms with Gasteiger partial charge in [0, 0.05) is 24.6 Å². The predicted molar refractivity (Wildman–Crippen MR) is 82.8 cm³/mol. The van der Waals surface area contributed by atoms with E-state index in [2.05, 4.69) is 10.1 Å². The van der Waals surface area contributed by atoms with Crippen LogP contribution >= 0.6 is 0 Å². The molecule has 24 heavy (non-hydrogen) atoms. The van der Waals surface area contributed by atoms with Crippen molar-refractivity contribution in [3.05, 3.63) is 53.8 Å². The number of halogens is 1. The fraction of sp³-hybridized carbons (Fsp3) is 0.235. The van der Waals surface area contributed by atoms with Gasteiger partial charge in [-0.3, -0.25) is 4.79 Å². The SMILES string of the molecule is Cc1cc(F)ccc1N1CC(c2noc(-c3ccco3)n2)CC1=O. The molecule has 1 aromatic carbocycles. The number of carbonyl (C=O) groups is 1. The molecule has 1 aliphatic rings. The van der Waals surface area contributed by atoms with E-state index < -0.39 is 0 Å². The number of furan rings is 1. The van der Waals surface area contributed by atoms with Crippen molar-refractivity contribution in [2.45, 2.75) is 19.3 Å². The van der Waals surface area contributed by atoms with E-state index in [4.69, 9.17) is 8.94 Å². The van der Waals surface area contributed by atoms with Crippen molar-refractivity contribution in [2.24, 2.45) is 0 Å². The highest BCUT2D eigenvalue weighted by molar-refractivity contribution is 5.97. The molecule has 1 fully saturated rings. The van der Waals surface area contributed by atoms with Crippen LogP contribution in [0.3, 0.4) is 0 Å². The molecule has 7 heteroatoms. The summed E-state index contributed by atoms with van der Waals surface area (Å²) >= 11 is 0. The summed E-state index contributed by atoms with van der Waals surface area (Å²) < 4.78 is 23.7. The highest BCUT2D eigenvalue weighted by Gasteiger charge is 2.35. The van der Waals surface area contributed by atoms with E-state index in [1.807, 2.05) is 0 Å². The van der Waals surface area contributed by atoms with Crippen molar-refractivity contribution in [3.63, 3.8) is 0 Å². The Morgan fingerprint density at radius 2 is 2.21 bits per heavy atom. The molecule has 3 heterocycles. The number of aryl methyl sites for hydroxylation is 1. The van der Waals surface area contributed by atoms with E-state index in [0.717, 1.165) is 0 Å². The zero-order valence-corrected chi connectivity index (χ0v) is 12.9. The van der Waals surface area contributed by atoms with E-state index in [-0.39, 0.29) is 24.1 Å². The largest absolute Gasteiger partial charge is 0.459 e. The second-order valence-electron chi connectivity index (χ2n) is 5.77. The number of amides is 1. The van der Waals surface area contributed by atoms with Gasteiger partial charge in [0.15, 0.2) is 11.6 Å². The highest BCUT2D eigenvalue weighted by atomic mass is 19.1. The molecule has 0 radical (unpaired) electrons. The molecule has 1 unspecified atom stereocenters. The molecule has 1 atom stereocenters. The molecule has 0 aliphatic carbocycles. The number of anilines is 1. The molecular formula is C17H14FN3O3. The first-order valence-corrected chi connectivity index (χ1v) is 7.56. The molecule has 3 aromatic rings. The zero-order valence-electron chi connectivity index (χ0n) is 12.9. The van der Waals surface area contributed by atoms with Gasteiger partial charge in [-0.25, -0.2) is 4.39 Å². The Morgan fingerprint density at radius 1 is 1.33 bits per heavy atom. The molecule has 122 valence electrons. The second-order valence-corrected chi connectivity index (χ2v) is 5.77. The smallest absolute Gasteiger partial charge is 0.293 e. The van der Waals surface area contributed by atoms with Crippen LogP contribution in [0.5, 0.6) is 0 Å². The molecule has 6 nitrogen and oxygen atoms in total. The molecule has 1 aliphatic heterocycles. The third-order valence-corrected chi connectivity index (χ3v) is 4.11. The van der Waals surface area contributed by atoms with E-state index in [1.54, 1.807) is 30.0 Å². The number of carbonyl (C=O) groups excluding carboxylic acids is 1. The summed E-state index contributed by atoms with van der Waals surface area (Å²) in [6.45, 7) is 2.21. The number of benzene rings is 1. The third kappa shape index (κ3) is 2.47. The Kier molecular flexibility index (Phi) is 3.41. The van der Waals surface area contributed by atoms with Crippen LogP contribution in [-0.4, -0.2) is 22.6 Å². The van der Waals surface area contributed by atoms with Crippen LogP contribution in [0.25, 0.3) is 11.7 Å². The van der Waals surface area contributed by atoms with Crippen LogP contribution in [0.2, 0.25) is 0 Å². The summed E-state index contributed by atoms with van der Waals surface area (Å²) in [5.74, 6) is 0.717. The minimum atomic E-state index is -0.319. The third-order valence-electron chi connectivity index (χ3n) is 4.11. The lowest BCUT2D eigenvalue weighted by molar-refractivity contribution is -0.117. The molecule has 1 saturated heterocycles. The molecule has 0 spiro atoms. The number of hydrogen-bond donors (Lipinski definition) is 0. The average Bonchev–Trinajstić information content (AvgIpc) is 3.27. The van der Waals surface area contributed by atoms with Crippen molar-refractivity contribution in [2.75, 3.05) is 11.4 Å². The monoisotopic (exact) mass is 327 g/mol. The first-order chi connectivity index (χ1) is 11.6. The van der Waals surface area contributed by atoms with Gasteiger partial charge in [0.1, 0.15) is 5.82 Å². The van der Waals surface area contributed by atoms with Crippen molar-refractivity contribution < 1.29 is 18.1 Å². The van der Waals surface area contributed by atoms with Crippen LogP contribution in [0.4, 0.5) is 10.1 Å². The molecule has 0 N–H and O–H groups in total. The lowest BCUT2D eigenvalue weighted by atomic mass is 10.1. The van der Waals surface area contributed by atoms with Crippen LogP contribution in [-0.2, 0) is 4.79 Å². The standard InChI is InChI=1S/C17H14FN3O3/c1-10-7-12(18)4-5-13(10)21-9-11(8-15(21)22)16-19-17(24-20-16)14-3-2-6-23-14/h2-7,11H,8-9H2,1H3. The van der Waals surface area contributed by atoms with Gasteiger partial charge in [-0.05, 0) is 42.8 Å². The van der Waals surface area contributed by atoms with Crippen LogP contribution in [0, 0.1) is 12.7 Å². The number of nitrogens with zero attached hydrogens (tertiary/aromatic N) is 3. The normalized spacial score (nSPS) is 17.7. The maximum atomic E-state index is 13.3. The zero-order chi connectivity index (χ0) is 16.7. The van der Waals surface area contributed by atoms with Crippen molar-refractivity contribution in [3.8, 4) is 11.7 Å². The van der Waals surface area contributed by atoms with E-state index in [9.17, 15) is 9.18 Å². The minimum absolute atomic E-state index is 0.0425. The second kappa shape index (κ2) is 5.59. The fourth-order valence-electron chi connectivity index (χ4n) is 2.94. The Balaban J connectivity index is 1.58. The lowest BCUT2D eigenvalue weighted by Crippen LogP contribution is -2.25. The van der Waals surface area contributed by atoms with Crippen molar-refractivity contribution in [1.29, 1.82) is 0 Å². The predicted octanol–water partition coefficient (Wildman–Crippen LogP) is 3.30. The van der Waals surface area contributed by atoms with Gasteiger partial charge in [-0.15, -0.1) is 0 Å². The molecule has 4 rings (SSSR count). The first-order valence-electron chi connectivity index (χ1n) is 7.56. The lowest BCUT2D eigenvalue weighted by Gasteiger charge is -2.18. The van der Waals surface area contributed by atoms with Gasteiger partial charge in [0.05, 0.1) is 6.26 Å². The Morgan fingerprint density at radius 3 is 2.96 bits per heavy atom. The molecule has 1 amide bonds. The Labute approximate surface area is 136 Å². The van der Waals surface area contributed by atoms with Crippen molar-refractivity contribution >= 4 is 11.6 Å². The maximum absolute atomic E-state index is 13.3. The van der Waals surface area contributed by atoms with Crippen molar-refractivity contribution in [1.82, 2.24) is 10.1 Å². The summed E-state index contributed by atoms with van der Waals surface area (Å²) in [7, 11) is 0. The van der Waals surface area contributed by atoms with E-state index in [0.29, 0.717) is 35.3 Å². The number of rotatable bonds is 3. The fourth-order valence-corrected chi connectivity index (χ4v) is 2.94. The molecule has 2 aromatic heterocycles. The Hall–Kier alpha value is -2.96. The number of hydrogen-bond acceptors (Lipinski definition) is 5. The minimum Gasteiger partial charge on any atom is -0.459 e. The maximum Gasteiger partial charge on any atom is 0.293 e. The van der Waals surface area contributed by atoms with Gasteiger partial charge in [0.25, 0.3) is 5.89 Å². The van der Waals surface area contributed by atoms with Gasteiger partial charge < -0.3 is 13.8 Å².